The third kappa shape index (κ3) is 2.81. The van der Waals surface area contributed by atoms with E-state index in [4.69, 9.17) is 5.73 Å². The van der Waals surface area contributed by atoms with Crippen LogP contribution in [0.4, 0.5) is 11.9 Å². The van der Waals surface area contributed by atoms with E-state index in [2.05, 4.69) is 39.1 Å². The molecule has 3 atom stereocenters. The molecule has 0 spiro atoms. The van der Waals surface area contributed by atoms with Crippen LogP contribution in [0.15, 0.2) is 18.7 Å². The number of nitrogen functional groups attached to an aromatic ring is 1. The van der Waals surface area contributed by atoms with Crippen molar-refractivity contribution < 1.29 is 0 Å². The van der Waals surface area contributed by atoms with E-state index in [1.54, 1.807) is 23.3 Å². The van der Waals surface area contributed by atoms with Crippen molar-refractivity contribution in [3.63, 3.8) is 0 Å². The van der Waals surface area contributed by atoms with Gasteiger partial charge in [-0.05, 0) is 24.7 Å². The smallest absolute Gasteiger partial charge is 0.241 e. The highest BCUT2D eigenvalue weighted by Gasteiger charge is 2.32. The number of anilines is 2. The van der Waals surface area contributed by atoms with Crippen LogP contribution in [0.25, 0.3) is 5.95 Å². The van der Waals surface area contributed by atoms with E-state index in [1.807, 2.05) is 0 Å². The molecule has 1 fully saturated rings. The molecule has 1 aliphatic carbocycles. The molecule has 21 heavy (non-hydrogen) atoms. The number of nitrogens with two attached hydrogens (primary N) is 1. The quantitative estimate of drug-likeness (QED) is 0.891. The molecule has 3 unspecified atom stereocenters. The predicted molar refractivity (Wildman–Crippen MR) is 81.0 cm³/mol. The van der Waals surface area contributed by atoms with E-state index in [-0.39, 0.29) is 5.95 Å². The van der Waals surface area contributed by atoms with Gasteiger partial charge in [0.05, 0.1) is 0 Å². The van der Waals surface area contributed by atoms with Gasteiger partial charge >= 0.3 is 0 Å². The lowest BCUT2D eigenvalue weighted by atomic mass is 9.94. The van der Waals surface area contributed by atoms with Crippen molar-refractivity contribution in [3.8, 4) is 5.95 Å². The first kappa shape index (κ1) is 13.8. The monoisotopic (exact) mass is 287 g/mol. The lowest BCUT2D eigenvalue weighted by Gasteiger charge is -2.21. The molecule has 0 bridgehead atoms. The molecule has 0 amide bonds. The van der Waals surface area contributed by atoms with Gasteiger partial charge < -0.3 is 11.1 Å². The lowest BCUT2D eigenvalue weighted by Crippen LogP contribution is -2.26. The molecule has 0 saturated heterocycles. The highest BCUT2D eigenvalue weighted by atomic mass is 15.3. The Kier molecular flexibility index (Phi) is 3.72. The summed E-state index contributed by atoms with van der Waals surface area (Å²) in [5, 5.41) is 3.42. The first-order valence-electron chi connectivity index (χ1n) is 7.43. The van der Waals surface area contributed by atoms with Crippen molar-refractivity contribution in [2.45, 2.75) is 39.2 Å². The summed E-state index contributed by atoms with van der Waals surface area (Å²) in [5.41, 5.74) is 5.79. The Morgan fingerprint density at radius 2 is 2.19 bits per heavy atom. The van der Waals surface area contributed by atoms with Crippen molar-refractivity contribution in [2.24, 2.45) is 11.8 Å². The van der Waals surface area contributed by atoms with Crippen LogP contribution in [0, 0.1) is 11.8 Å². The van der Waals surface area contributed by atoms with E-state index >= 15 is 0 Å². The molecule has 112 valence electrons. The summed E-state index contributed by atoms with van der Waals surface area (Å²) in [6.07, 6.45) is 8.72. The van der Waals surface area contributed by atoms with Crippen LogP contribution >= 0.6 is 0 Å². The SMILES string of the molecule is CCC1CCC(Nc2nc(N)nc(-n3ccnc3)n2)C1C. The average Bonchev–Trinajstić information content (AvgIpc) is 3.09. The van der Waals surface area contributed by atoms with Gasteiger partial charge in [0.25, 0.3) is 0 Å². The van der Waals surface area contributed by atoms with Crippen LogP contribution < -0.4 is 11.1 Å². The molecular formula is C14H21N7. The number of rotatable bonds is 4. The van der Waals surface area contributed by atoms with E-state index in [0.717, 1.165) is 12.3 Å². The molecule has 7 nitrogen and oxygen atoms in total. The molecule has 1 saturated carbocycles. The van der Waals surface area contributed by atoms with Gasteiger partial charge in [-0.3, -0.25) is 4.57 Å². The van der Waals surface area contributed by atoms with Gasteiger partial charge in [-0.1, -0.05) is 20.3 Å². The minimum atomic E-state index is 0.217. The van der Waals surface area contributed by atoms with Gasteiger partial charge in [-0.15, -0.1) is 0 Å². The first-order valence-corrected chi connectivity index (χ1v) is 7.43. The number of hydrogen-bond acceptors (Lipinski definition) is 6. The third-order valence-electron chi connectivity index (χ3n) is 4.44. The van der Waals surface area contributed by atoms with Gasteiger partial charge in [-0.25, -0.2) is 4.98 Å². The largest absolute Gasteiger partial charge is 0.368 e. The maximum absolute atomic E-state index is 5.79. The molecule has 3 N–H and O–H groups in total. The number of nitrogens with zero attached hydrogens (tertiary/aromatic N) is 5. The van der Waals surface area contributed by atoms with Gasteiger partial charge in [0.1, 0.15) is 6.33 Å². The standard InChI is InChI=1S/C14H21N7/c1-3-10-4-5-11(9(10)2)17-13-18-12(15)19-14(20-13)21-7-6-16-8-21/h6-11H,3-5H2,1-2H3,(H3,15,17,18,19,20). The van der Waals surface area contributed by atoms with Crippen LogP contribution in [0.3, 0.4) is 0 Å². The molecule has 3 rings (SSSR count). The Morgan fingerprint density at radius 1 is 1.33 bits per heavy atom. The Bertz CT molecular complexity index is 595. The molecule has 0 aliphatic heterocycles. The zero-order valence-electron chi connectivity index (χ0n) is 12.4. The minimum absolute atomic E-state index is 0.217. The molecule has 2 aromatic rings. The summed E-state index contributed by atoms with van der Waals surface area (Å²) in [7, 11) is 0. The van der Waals surface area contributed by atoms with Crippen molar-refractivity contribution in [3.05, 3.63) is 18.7 Å². The fourth-order valence-electron chi connectivity index (χ4n) is 3.13. The van der Waals surface area contributed by atoms with Crippen LogP contribution in [0.2, 0.25) is 0 Å². The third-order valence-corrected chi connectivity index (χ3v) is 4.44. The molecule has 2 aromatic heterocycles. The molecule has 2 heterocycles. The van der Waals surface area contributed by atoms with E-state index in [1.165, 1.54) is 12.8 Å². The minimum Gasteiger partial charge on any atom is -0.368 e. The fourth-order valence-corrected chi connectivity index (χ4v) is 3.13. The van der Waals surface area contributed by atoms with Crippen LogP contribution in [0.5, 0.6) is 0 Å². The normalized spacial score (nSPS) is 25.1. The highest BCUT2D eigenvalue weighted by Crippen LogP contribution is 2.35. The number of nitrogens with one attached hydrogen (secondary N) is 1. The van der Waals surface area contributed by atoms with Gasteiger partial charge in [0.15, 0.2) is 0 Å². The van der Waals surface area contributed by atoms with E-state index in [0.29, 0.717) is 23.9 Å². The summed E-state index contributed by atoms with van der Waals surface area (Å²) in [6, 6.07) is 0.396. The summed E-state index contributed by atoms with van der Waals surface area (Å²) >= 11 is 0. The maximum atomic E-state index is 5.79. The second-order valence-electron chi connectivity index (χ2n) is 5.64. The molecular weight excluding hydrogens is 266 g/mol. The molecule has 1 aliphatic rings. The number of aromatic nitrogens is 5. The van der Waals surface area contributed by atoms with Crippen LogP contribution in [-0.4, -0.2) is 30.5 Å². The molecule has 0 aromatic carbocycles. The van der Waals surface area contributed by atoms with Crippen LogP contribution in [-0.2, 0) is 0 Å². The highest BCUT2D eigenvalue weighted by molar-refractivity contribution is 5.36. The maximum Gasteiger partial charge on any atom is 0.241 e. The van der Waals surface area contributed by atoms with Crippen molar-refractivity contribution in [1.82, 2.24) is 24.5 Å². The number of hydrogen-bond donors (Lipinski definition) is 2. The topological polar surface area (TPSA) is 94.5 Å². The van der Waals surface area contributed by atoms with Crippen molar-refractivity contribution in [2.75, 3.05) is 11.1 Å². The van der Waals surface area contributed by atoms with Gasteiger partial charge in [0, 0.05) is 18.4 Å². The zero-order chi connectivity index (χ0) is 14.8. The molecule has 0 radical (unpaired) electrons. The lowest BCUT2D eigenvalue weighted by molar-refractivity contribution is 0.391. The first-order chi connectivity index (χ1) is 10.2. The van der Waals surface area contributed by atoms with Crippen molar-refractivity contribution in [1.29, 1.82) is 0 Å². The second kappa shape index (κ2) is 5.67. The van der Waals surface area contributed by atoms with Gasteiger partial charge in [-0.2, -0.15) is 15.0 Å². The average molecular weight is 287 g/mol. The Balaban J connectivity index is 1.80. The van der Waals surface area contributed by atoms with Crippen LogP contribution in [0.1, 0.15) is 33.1 Å². The number of imidazole rings is 1. The Hall–Kier alpha value is -2.18. The summed E-state index contributed by atoms with van der Waals surface area (Å²) in [5.74, 6) is 2.63. The summed E-state index contributed by atoms with van der Waals surface area (Å²) in [4.78, 5) is 16.8. The fraction of sp³-hybridized carbons (Fsp3) is 0.571. The van der Waals surface area contributed by atoms with Crippen molar-refractivity contribution >= 4 is 11.9 Å². The van der Waals surface area contributed by atoms with E-state index < -0.39 is 0 Å². The summed E-state index contributed by atoms with van der Waals surface area (Å²) in [6.45, 7) is 4.54. The second-order valence-corrected chi connectivity index (χ2v) is 5.64. The predicted octanol–water partition coefficient (Wildman–Crippen LogP) is 1.88. The molecule has 7 heteroatoms. The van der Waals surface area contributed by atoms with E-state index in [9.17, 15) is 0 Å². The van der Waals surface area contributed by atoms with Gasteiger partial charge in [0.2, 0.25) is 17.8 Å². The Morgan fingerprint density at radius 3 is 2.86 bits per heavy atom. The summed E-state index contributed by atoms with van der Waals surface area (Å²) < 4.78 is 1.72. The zero-order valence-corrected chi connectivity index (χ0v) is 12.4. The Labute approximate surface area is 124 Å².